The smallest absolute Gasteiger partial charge is 0.320 e. The first-order chi connectivity index (χ1) is 14.0. The number of pyridine rings is 1. The molecule has 3 atom stereocenters. The van der Waals surface area contributed by atoms with Crippen molar-refractivity contribution < 1.29 is 14.3 Å². The highest BCUT2D eigenvalue weighted by Gasteiger charge is 2.50. The highest BCUT2D eigenvalue weighted by Crippen LogP contribution is 2.45. The molecule has 0 unspecified atom stereocenters. The van der Waals surface area contributed by atoms with Crippen molar-refractivity contribution in [1.29, 1.82) is 0 Å². The number of carbonyl (C=O) groups excluding carboxylic acids is 2. The molecule has 1 aromatic heterocycles. The zero-order valence-electron chi connectivity index (χ0n) is 17.0. The molecule has 152 valence electrons. The monoisotopic (exact) mass is 394 g/mol. The van der Waals surface area contributed by atoms with Crippen molar-refractivity contribution in [3.63, 3.8) is 0 Å². The maximum Gasteiger partial charge on any atom is 0.320 e. The van der Waals surface area contributed by atoms with E-state index < -0.39 is 0 Å². The fourth-order valence-electron chi connectivity index (χ4n) is 4.57. The minimum absolute atomic E-state index is 0.00669. The maximum absolute atomic E-state index is 12.9. The van der Waals surface area contributed by atoms with Crippen molar-refractivity contribution in [2.75, 3.05) is 40.8 Å². The number of urea groups is 1. The largest absolute Gasteiger partial charge is 0.497 e. The fraction of sp³-hybridized carbons (Fsp3) is 0.409. The van der Waals surface area contributed by atoms with Crippen molar-refractivity contribution in [3.05, 3.63) is 59.9 Å². The predicted octanol–water partition coefficient (Wildman–Crippen LogP) is 2.52. The molecule has 0 aliphatic carbocycles. The zero-order valence-corrected chi connectivity index (χ0v) is 17.0. The molecule has 2 aliphatic rings. The lowest BCUT2D eigenvalue weighted by atomic mass is 9.89. The van der Waals surface area contributed by atoms with Crippen LogP contribution >= 0.6 is 0 Å². The summed E-state index contributed by atoms with van der Waals surface area (Å²) in [4.78, 5) is 35.3. The van der Waals surface area contributed by atoms with Gasteiger partial charge in [0.1, 0.15) is 5.75 Å². The van der Waals surface area contributed by atoms with Gasteiger partial charge in [-0.05, 0) is 29.8 Å². The molecule has 7 nitrogen and oxygen atoms in total. The molecule has 0 bridgehead atoms. The number of carbonyl (C=O) groups is 2. The molecule has 1 aromatic carbocycles. The van der Waals surface area contributed by atoms with Crippen LogP contribution in [0.3, 0.4) is 0 Å². The van der Waals surface area contributed by atoms with Gasteiger partial charge in [-0.2, -0.15) is 0 Å². The Hall–Kier alpha value is -3.09. The molecule has 3 amide bonds. The molecule has 0 saturated carbocycles. The number of hydrogen-bond acceptors (Lipinski definition) is 4. The van der Waals surface area contributed by atoms with Gasteiger partial charge in [0.15, 0.2) is 0 Å². The summed E-state index contributed by atoms with van der Waals surface area (Å²) in [6.45, 7) is 1.95. The molecule has 2 aliphatic heterocycles. The van der Waals surface area contributed by atoms with E-state index in [1.165, 1.54) is 0 Å². The molecule has 3 heterocycles. The lowest BCUT2D eigenvalue weighted by Gasteiger charge is -2.32. The van der Waals surface area contributed by atoms with Crippen LogP contribution in [0.5, 0.6) is 5.75 Å². The number of benzene rings is 1. The number of nitrogens with zero attached hydrogens (tertiary/aromatic N) is 4. The quantitative estimate of drug-likeness (QED) is 0.802. The second kappa shape index (κ2) is 7.73. The summed E-state index contributed by atoms with van der Waals surface area (Å²) >= 11 is 0. The van der Waals surface area contributed by atoms with Gasteiger partial charge >= 0.3 is 6.03 Å². The fourth-order valence-corrected chi connectivity index (χ4v) is 4.57. The minimum Gasteiger partial charge on any atom is -0.497 e. The van der Waals surface area contributed by atoms with Gasteiger partial charge in [-0.1, -0.05) is 12.1 Å². The molecular formula is C22H26N4O3. The summed E-state index contributed by atoms with van der Waals surface area (Å²) in [5.74, 6) is 1.28. The summed E-state index contributed by atoms with van der Waals surface area (Å²) in [5.41, 5.74) is 1.73. The molecule has 4 rings (SSSR count). The standard InChI is InChI=1S/C22H26N4O3/c1-24(2)22(28)26-13-17-12-25(21(27)16-8-10-23-11-9-16)14-19(17)20(26)15-4-6-18(29-3)7-5-15/h4-11,17,19-20H,12-14H2,1-3H3/t17-,19-,20+/m1/s1. The number of methoxy groups -OCH3 is 1. The molecule has 2 aromatic rings. The second-order valence-electron chi connectivity index (χ2n) is 7.92. The first-order valence-corrected chi connectivity index (χ1v) is 9.80. The van der Waals surface area contributed by atoms with E-state index in [1.807, 2.05) is 34.1 Å². The maximum atomic E-state index is 12.9. The van der Waals surface area contributed by atoms with Gasteiger partial charge in [0.05, 0.1) is 13.2 Å². The van der Waals surface area contributed by atoms with Gasteiger partial charge in [-0.25, -0.2) is 4.79 Å². The van der Waals surface area contributed by atoms with E-state index in [0.717, 1.165) is 11.3 Å². The average molecular weight is 394 g/mol. The Balaban J connectivity index is 1.60. The Kier molecular flexibility index (Phi) is 5.13. The molecular weight excluding hydrogens is 368 g/mol. The van der Waals surface area contributed by atoms with E-state index in [4.69, 9.17) is 4.74 Å². The third kappa shape index (κ3) is 3.52. The van der Waals surface area contributed by atoms with Gasteiger partial charge < -0.3 is 19.4 Å². The van der Waals surface area contributed by atoms with Gasteiger partial charge in [0.2, 0.25) is 0 Å². The number of rotatable bonds is 3. The van der Waals surface area contributed by atoms with Gasteiger partial charge in [0.25, 0.3) is 5.91 Å². The zero-order chi connectivity index (χ0) is 20.5. The van der Waals surface area contributed by atoms with Crippen LogP contribution in [0.25, 0.3) is 0 Å². The van der Waals surface area contributed by atoms with E-state index in [0.29, 0.717) is 25.2 Å². The predicted molar refractivity (Wildman–Crippen MR) is 109 cm³/mol. The van der Waals surface area contributed by atoms with E-state index in [1.54, 1.807) is 50.6 Å². The third-order valence-electron chi connectivity index (χ3n) is 5.96. The lowest BCUT2D eigenvalue weighted by Crippen LogP contribution is -2.42. The Morgan fingerprint density at radius 2 is 1.72 bits per heavy atom. The molecule has 2 saturated heterocycles. The van der Waals surface area contributed by atoms with Crippen LogP contribution in [0.2, 0.25) is 0 Å². The summed E-state index contributed by atoms with van der Waals surface area (Å²) in [7, 11) is 5.20. The van der Waals surface area contributed by atoms with Crippen molar-refractivity contribution in [2.45, 2.75) is 6.04 Å². The Morgan fingerprint density at radius 1 is 1.03 bits per heavy atom. The highest BCUT2D eigenvalue weighted by atomic mass is 16.5. The molecule has 7 heteroatoms. The number of fused-ring (bicyclic) bond motifs is 1. The summed E-state index contributed by atoms with van der Waals surface area (Å²) in [5, 5.41) is 0. The average Bonchev–Trinajstić information content (AvgIpc) is 3.31. The summed E-state index contributed by atoms with van der Waals surface area (Å²) in [6.07, 6.45) is 3.28. The topological polar surface area (TPSA) is 66.0 Å². The Morgan fingerprint density at radius 3 is 2.34 bits per heavy atom. The van der Waals surface area contributed by atoms with E-state index >= 15 is 0 Å². The number of likely N-dealkylation sites (tertiary alicyclic amines) is 2. The van der Waals surface area contributed by atoms with Crippen molar-refractivity contribution in [2.24, 2.45) is 11.8 Å². The third-order valence-corrected chi connectivity index (χ3v) is 5.96. The lowest BCUT2D eigenvalue weighted by molar-refractivity contribution is 0.0766. The number of aromatic nitrogens is 1. The molecule has 0 N–H and O–H groups in total. The first kappa shape index (κ1) is 19.2. The van der Waals surface area contributed by atoms with E-state index in [2.05, 4.69) is 4.98 Å². The van der Waals surface area contributed by atoms with Crippen LogP contribution in [0, 0.1) is 11.8 Å². The van der Waals surface area contributed by atoms with Crippen LogP contribution in [0.15, 0.2) is 48.8 Å². The summed E-state index contributed by atoms with van der Waals surface area (Å²) < 4.78 is 5.28. The van der Waals surface area contributed by atoms with Gasteiger partial charge in [-0.15, -0.1) is 0 Å². The van der Waals surface area contributed by atoms with E-state index in [-0.39, 0.29) is 29.8 Å². The molecule has 0 spiro atoms. The van der Waals surface area contributed by atoms with Crippen LogP contribution in [-0.2, 0) is 0 Å². The normalized spacial score (nSPS) is 23.1. The van der Waals surface area contributed by atoms with Crippen LogP contribution in [-0.4, -0.2) is 72.5 Å². The van der Waals surface area contributed by atoms with Crippen LogP contribution < -0.4 is 4.74 Å². The first-order valence-electron chi connectivity index (χ1n) is 9.80. The van der Waals surface area contributed by atoms with Crippen LogP contribution in [0.1, 0.15) is 22.0 Å². The number of ether oxygens (including phenoxy) is 1. The van der Waals surface area contributed by atoms with Crippen LogP contribution in [0.4, 0.5) is 4.79 Å². The van der Waals surface area contributed by atoms with E-state index in [9.17, 15) is 9.59 Å². The molecule has 29 heavy (non-hydrogen) atoms. The van der Waals surface area contributed by atoms with Crippen molar-refractivity contribution >= 4 is 11.9 Å². The van der Waals surface area contributed by atoms with Gasteiger partial charge in [0, 0.05) is 63.5 Å². The second-order valence-corrected chi connectivity index (χ2v) is 7.92. The summed E-state index contributed by atoms with van der Waals surface area (Å²) in [6, 6.07) is 11.3. The molecule has 2 fully saturated rings. The Labute approximate surface area is 170 Å². The Bertz CT molecular complexity index is 885. The minimum atomic E-state index is -0.0592. The molecule has 0 radical (unpaired) electrons. The highest BCUT2D eigenvalue weighted by molar-refractivity contribution is 5.94. The number of amides is 3. The van der Waals surface area contributed by atoms with Gasteiger partial charge in [-0.3, -0.25) is 9.78 Å². The number of hydrogen-bond donors (Lipinski definition) is 0. The SMILES string of the molecule is COc1ccc([C@H]2[C@@H]3CN(C(=O)c4ccncc4)C[C@@H]3CN2C(=O)N(C)C)cc1. The van der Waals surface area contributed by atoms with Crippen molar-refractivity contribution in [3.8, 4) is 5.75 Å². The van der Waals surface area contributed by atoms with Crippen molar-refractivity contribution in [1.82, 2.24) is 19.7 Å².